The predicted molar refractivity (Wildman–Crippen MR) is 68.4 cm³/mol. The Bertz CT molecular complexity index is 617. The molecule has 1 amide bonds. The first-order valence-corrected chi connectivity index (χ1v) is 5.88. The van der Waals surface area contributed by atoms with Crippen LogP contribution in [0.1, 0.15) is 24.4 Å². The predicted octanol–water partition coefficient (Wildman–Crippen LogP) is 0.152. The quantitative estimate of drug-likeness (QED) is 0.819. The molecule has 1 unspecified atom stereocenters. The molecule has 19 heavy (non-hydrogen) atoms. The Morgan fingerprint density at radius 2 is 2.37 bits per heavy atom. The number of H-pyrrole nitrogens is 1. The van der Waals surface area contributed by atoms with Gasteiger partial charge < -0.3 is 9.88 Å². The summed E-state index contributed by atoms with van der Waals surface area (Å²) >= 11 is 0. The lowest BCUT2D eigenvalue weighted by atomic mass is 10.3. The number of nitrogens with zero attached hydrogens (tertiary/aromatic N) is 3. The van der Waals surface area contributed by atoms with E-state index >= 15 is 0 Å². The second-order valence-corrected chi connectivity index (χ2v) is 4.28. The standard InChI is InChI=1S/C12H15N5O2/c1-8-4-3-5-17(12(8)19)6-10(18)15-9(2)11-13-7-14-16-11/h3-5,7,9H,6H2,1-2H3,(H,15,18)(H,13,14,16). The van der Waals surface area contributed by atoms with Gasteiger partial charge in [0.2, 0.25) is 5.91 Å². The van der Waals surface area contributed by atoms with Gasteiger partial charge >= 0.3 is 0 Å². The highest BCUT2D eigenvalue weighted by Gasteiger charge is 2.12. The highest BCUT2D eigenvalue weighted by Crippen LogP contribution is 2.03. The van der Waals surface area contributed by atoms with Crippen molar-refractivity contribution >= 4 is 5.91 Å². The van der Waals surface area contributed by atoms with Crippen LogP contribution < -0.4 is 10.9 Å². The molecule has 0 spiro atoms. The van der Waals surface area contributed by atoms with Crippen LogP contribution in [0, 0.1) is 6.92 Å². The number of hydrogen-bond donors (Lipinski definition) is 2. The minimum absolute atomic E-state index is 0.0149. The summed E-state index contributed by atoms with van der Waals surface area (Å²) in [5, 5.41) is 9.14. The summed E-state index contributed by atoms with van der Waals surface area (Å²) in [5.74, 6) is 0.321. The van der Waals surface area contributed by atoms with Crippen molar-refractivity contribution in [1.82, 2.24) is 25.1 Å². The smallest absolute Gasteiger partial charge is 0.253 e. The van der Waals surface area contributed by atoms with E-state index in [9.17, 15) is 9.59 Å². The van der Waals surface area contributed by atoms with Crippen molar-refractivity contribution in [2.45, 2.75) is 26.4 Å². The lowest BCUT2D eigenvalue weighted by Crippen LogP contribution is -2.34. The normalized spacial score (nSPS) is 12.1. The van der Waals surface area contributed by atoms with Crippen molar-refractivity contribution in [2.24, 2.45) is 0 Å². The van der Waals surface area contributed by atoms with E-state index < -0.39 is 0 Å². The maximum absolute atomic E-state index is 11.8. The Labute approximate surface area is 109 Å². The molecule has 0 saturated heterocycles. The molecule has 0 bridgehead atoms. The zero-order chi connectivity index (χ0) is 13.8. The Kier molecular flexibility index (Phi) is 3.74. The zero-order valence-corrected chi connectivity index (χ0v) is 10.8. The van der Waals surface area contributed by atoms with Gasteiger partial charge in [-0.05, 0) is 19.9 Å². The van der Waals surface area contributed by atoms with Crippen LogP contribution in [-0.2, 0) is 11.3 Å². The van der Waals surface area contributed by atoms with Crippen molar-refractivity contribution in [3.05, 3.63) is 46.4 Å². The molecule has 2 aromatic heterocycles. The van der Waals surface area contributed by atoms with Gasteiger partial charge in [0.1, 0.15) is 18.7 Å². The third-order valence-electron chi connectivity index (χ3n) is 2.75. The molecule has 1 atom stereocenters. The number of amides is 1. The van der Waals surface area contributed by atoms with E-state index in [0.29, 0.717) is 11.4 Å². The number of carbonyl (C=O) groups is 1. The lowest BCUT2D eigenvalue weighted by molar-refractivity contribution is -0.122. The molecule has 7 nitrogen and oxygen atoms in total. The van der Waals surface area contributed by atoms with Crippen LogP contribution in [0.2, 0.25) is 0 Å². The molecule has 100 valence electrons. The number of aromatic nitrogens is 4. The second-order valence-electron chi connectivity index (χ2n) is 4.28. The van der Waals surface area contributed by atoms with Crippen LogP contribution in [-0.4, -0.2) is 25.7 Å². The fraction of sp³-hybridized carbons (Fsp3) is 0.333. The molecule has 0 aromatic carbocycles. The number of pyridine rings is 1. The van der Waals surface area contributed by atoms with Crippen LogP contribution in [0.5, 0.6) is 0 Å². The van der Waals surface area contributed by atoms with Gasteiger partial charge in [0.25, 0.3) is 5.56 Å². The molecule has 0 saturated carbocycles. The highest BCUT2D eigenvalue weighted by atomic mass is 16.2. The Hall–Kier alpha value is -2.44. The molecule has 0 radical (unpaired) electrons. The maximum atomic E-state index is 11.8. The minimum atomic E-state index is -0.282. The average molecular weight is 261 g/mol. The summed E-state index contributed by atoms with van der Waals surface area (Å²) in [7, 11) is 0. The number of aryl methyl sites for hydroxylation is 1. The van der Waals surface area contributed by atoms with Gasteiger partial charge in [-0.15, -0.1) is 0 Å². The summed E-state index contributed by atoms with van der Waals surface area (Å²) < 4.78 is 1.37. The van der Waals surface area contributed by atoms with Gasteiger partial charge in [-0.2, -0.15) is 5.10 Å². The lowest BCUT2D eigenvalue weighted by Gasteiger charge is -2.12. The number of carbonyl (C=O) groups excluding carboxylic acids is 1. The third kappa shape index (κ3) is 3.06. The average Bonchev–Trinajstić information content (AvgIpc) is 2.88. The maximum Gasteiger partial charge on any atom is 0.253 e. The largest absolute Gasteiger partial charge is 0.345 e. The van der Waals surface area contributed by atoms with Crippen LogP contribution in [0.4, 0.5) is 0 Å². The SMILES string of the molecule is Cc1cccn(CC(=O)NC(C)c2ncn[nH]2)c1=O. The van der Waals surface area contributed by atoms with Gasteiger partial charge in [-0.25, -0.2) is 4.98 Å². The van der Waals surface area contributed by atoms with Crippen molar-refractivity contribution in [3.63, 3.8) is 0 Å². The van der Waals surface area contributed by atoms with Crippen molar-refractivity contribution < 1.29 is 4.79 Å². The number of hydrogen-bond acceptors (Lipinski definition) is 4. The first kappa shape index (κ1) is 13.0. The molecule has 0 fully saturated rings. The number of nitrogens with one attached hydrogen (secondary N) is 2. The van der Waals surface area contributed by atoms with Crippen LogP contribution >= 0.6 is 0 Å². The summed E-state index contributed by atoms with van der Waals surface area (Å²) in [6.45, 7) is 3.49. The van der Waals surface area contributed by atoms with E-state index in [1.54, 1.807) is 32.2 Å². The summed E-state index contributed by atoms with van der Waals surface area (Å²) in [6, 6.07) is 3.17. The van der Waals surface area contributed by atoms with Crippen molar-refractivity contribution in [3.8, 4) is 0 Å². The Morgan fingerprint density at radius 3 is 3.05 bits per heavy atom. The molecule has 2 heterocycles. The first-order valence-electron chi connectivity index (χ1n) is 5.88. The minimum Gasteiger partial charge on any atom is -0.345 e. The van der Waals surface area contributed by atoms with E-state index in [1.165, 1.54) is 10.9 Å². The first-order chi connectivity index (χ1) is 9.08. The monoisotopic (exact) mass is 261 g/mol. The van der Waals surface area contributed by atoms with Crippen LogP contribution in [0.3, 0.4) is 0 Å². The van der Waals surface area contributed by atoms with E-state index in [0.717, 1.165) is 0 Å². The Morgan fingerprint density at radius 1 is 1.58 bits per heavy atom. The molecule has 0 aliphatic rings. The zero-order valence-electron chi connectivity index (χ0n) is 10.8. The second kappa shape index (κ2) is 5.47. The third-order valence-corrected chi connectivity index (χ3v) is 2.75. The van der Waals surface area contributed by atoms with E-state index in [4.69, 9.17) is 0 Å². The molecular formula is C12H15N5O2. The van der Waals surface area contributed by atoms with Crippen molar-refractivity contribution in [2.75, 3.05) is 0 Å². The molecule has 0 aliphatic heterocycles. The van der Waals surface area contributed by atoms with E-state index in [-0.39, 0.29) is 24.1 Å². The molecule has 2 aromatic rings. The highest BCUT2D eigenvalue weighted by molar-refractivity contribution is 5.76. The topological polar surface area (TPSA) is 92.7 Å². The molecular weight excluding hydrogens is 246 g/mol. The van der Waals surface area contributed by atoms with Gasteiger partial charge in [0, 0.05) is 11.8 Å². The molecule has 0 aliphatic carbocycles. The summed E-state index contributed by atoms with van der Waals surface area (Å²) in [5.41, 5.74) is 0.448. The van der Waals surface area contributed by atoms with Crippen LogP contribution in [0.25, 0.3) is 0 Å². The van der Waals surface area contributed by atoms with Crippen LogP contribution in [0.15, 0.2) is 29.5 Å². The Balaban J connectivity index is 2.02. The van der Waals surface area contributed by atoms with E-state index in [2.05, 4.69) is 20.5 Å². The number of aromatic amines is 1. The number of rotatable bonds is 4. The summed E-state index contributed by atoms with van der Waals surface area (Å²) in [4.78, 5) is 27.6. The fourth-order valence-corrected chi connectivity index (χ4v) is 1.72. The van der Waals surface area contributed by atoms with Crippen molar-refractivity contribution in [1.29, 1.82) is 0 Å². The van der Waals surface area contributed by atoms with Gasteiger partial charge in [-0.3, -0.25) is 14.7 Å². The molecule has 2 rings (SSSR count). The van der Waals surface area contributed by atoms with Gasteiger partial charge in [0.05, 0.1) is 6.04 Å². The molecule has 7 heteroatoms. The summed E-state index contributed by atoms with van der Waals surface area (Å²) in [6.07, 6.45) is 2.97. The van der Waals surface area contributed by atoms with Gasteiger partial charge in [0.15, 0.2) is 0 Å². The van der Waals surface area contributed by atoms with Gasteiger partial charge in [-0.1, -0.05) is 6.07 Å². The molecule has 2 N–H and O–H groups in total. The van der Waals surface area contributed by atoms with E-state index in [1.807, 2.05) is 0 Å². The fourth-order valence-electron chi connectivity index (χ4n) is 1.72.